The maximum atomic E-state index is 10.6. The first-order valence-corrected chi connectivity index (χ1v) is 8.30. The van der Waals surface area contributed by atoms with E-state index >= 15 is 0 Å². The minimum atomic E-state index is -0.640. The zero-order valence-electron chi connectivity index (χ0n) is 13.7. The van der Waals surface area contributed by atoms with Crippen LogP contribution in [0.25, 0.3) is 0 Å². The summed E-state index contributed by atoms with van der Waals surface area (Å²) in [5.74, 6) is 0.946. The van der Waals surface area contributed by atoms with Gasteiger partial charge < -0.3 is 10.0 Å². The minimum Gasteiger partial charge on any atom is -0.384 e. The number of aromatic nitrogens is 1. The Kier molecular flexibility index (Phi) is 3.79. The fourth-order valence-corrected chi connectivity index (χ4v) is 3.39. The molecule has 1 aromatic heterocycles. The van der Waals surface area contributed by atoms with Gasteiger partial charge in [0, 0.05) is 23.5 Å². The third-order valence-electron chi connectivity index (χ3n) is 4.69. The van der Waals surface area contributed by atoms with Crippen LogP contribution in [0.4, 0.5) is 11.5 Å². The van der Waals surface area contributed by atoms with Crippen LogP contribution in [0.5, 0.6) is 0 Å². The number of rotatable bonds is 3. The maximum absolute atomic E-state index is 10.6. The van der Waals surface area contributed by atoms with Crippen molar-refractivity contribution in [2.45, 2.75) is 19.4 Å². The van der Waals surface area contributed by atoms with Gasteiger partial charge in [0.05, 0.1) is 0 Å². The Balaban J connectivity index is 1.66. The van der Waals surface area contributed by atoms with Gasteiger partial charge in [-0.2, -0.15) is 0 Å². The summed E-state index contributed by atoms with van der Waals surface area (Å²) in [6.07, 6.45) is 0.407. The quantitative estimate of drug-likeness (QED) is 0.788. The number of anilines is 2. The van der Waals surface area contributed by atoms with Crippen LogP contribution in [0.2, 0.25) is 0 Å². The fraction of sp³-hybridized carbons (Fsp3) is 0.190. The number of para-hydroxylation sites is 1. The van der Waals surface area contributed by atoms with Crippen molar-refractivity contribution in [2.75, 3.05) is 11.4 Å². The van der Waals surface area contributed by atoms with E-state index in [0.717, 1.165) is 35.6 Å². The van der Waals surface area contributed by atoms with Crippen LogP contribution < -0.4 is 4.90 Å². The van der Waals surface area contributed by atoms with E-state index in [2.05, 4.69) is 29.2 Å². The second-order valence-electron chi connectivity index (χ2n) is 6.19. The largest absolute Gasteiger partial charge is 0.384 e. The summed E-state index contributed by atoms with van der Waals surface area (Å²) in [6, 6.07) is 22.2. The molecule has 0 fully saturated rings. The van der Waals surface area contributed by atoms with Crippen molar-refractivity contribution in [2.24, 2.45) is 0 Å². The highest BCUT2D eigenvalue weighted by Crippen LogP contribution is 2.34. The molecular formula is C21H20N2O. The number of benzene rings is 2. The molecule has 0 amide bonds. The average Bonchev–Trinajstić information content (AvgIpc) is 3.06. The average molecular weight is 316 g/mol. The summed E-state index contributed by atoms with van der Waals surface area (Å²) in [7, 11) is 0. The summed E-state index contributed by atoms with van der Waals surface area (Å²) >= 11 is 0. The monoisotopic (exact) mass is 316 g/mol. The van der Waals surface area contributed by atoms with E-state index in [1.165, 1.54) is 11.3 Å². The van der Waals surface area contributed by atoms with Crippen LogP contribution in [0, 0.1) is 6.92 Å². The number of fused-ring (bicyclic) bond motifs is 1. The lowest BCUT2D eigenvalue weighted by atomic mass is 10.0. The number of nitrogens with zero attached hydrogens (tertiary/aromatic N) is 2. The number of aryl methyl sites for hydroxylation is 1. The van der Waals surface area contributed by atoms with Gasteiger partial charge in [0.15, 0.2) is 0 Å². The van der Waals surface area contributed by atoms with Crippen LogP contribution in [-0.4, -0.2) is 16.6 Å². The van der Waals surface area contributed by atoms with E-state index in [9.17, 15) is 5.11 Å². The van der Waals surface area contributed by atoms with E-state index in [1.807, 2.05) is 49.4 Å². The topological polar surface area (TPSA) is 36.4 Å². The zero-order chi connectivity index (χ0) is 16.5. The Morgan fingerprint density at radius 1 is 0.958 bits per heavy atom. The third kappa shape index (κ3) is 2.57. The zero-order valence-corrected chi connectivity index (χ0v) is 13.7. The molecule has 120 valence electrons. The molecule has 4 rings (SSSR count). The Bertz CT molecular complexity index is 861. The molecule has 0 spiro atoms. The second-order valence-corrected chi connectivity index (χ2v) is 6.19. The maximum Gasteiger partial charge on any atom is 0.133 e. The lowest BCUT2D eigenvalue weighted by Crippen LogP contribution is -2.16. The van der Waals surface area contributed by atoms with E-state index in [0.29, 0.717) is 0 Å². The van der Waals surface area contributed by atoms with E-state index < -0.39 is 6.10 Å². The van der Waals surface area contributed by atoms with E-state index in [4.69, 9.17) is 4.98 Å². The molecule has 24 heavy (non-hydrogen) atoms. The van der Waals surface area contributed by atoms with Crippen LogP contribution >= 0.6 is 0 Å². The molecule has 3 heteroatoms. The molecule has 1 atom stereocenters. The standard InChI is InChI=1S/C21H20N2O/c1-15-18(21(24)17-8-3-2-4-9-17)11-12-20(22-15)23-14-13-16-7-5-6-10-19(16)23/h2-12,21,24H,13-14H2,1H3. The van der Waals surface area contributed by atoms with Crippen molar-refractivity contribution in [3.63, 3.8) is 0 Å². The van der Waals surface area contributed by atoms with Crippen molar-refractivity contribution in [3.05, 3.63) is 89.1 Å². The Labute approximate surface area is 142 Å². The van der Waals surface area contributed by atoms with Crippen LogP contribution in [0.1, 0.15) is 28.5 Å². The van der Waals surface area contributed by atoms with Gasteiger partial charge in [0.2, 0.25) is 0 Å². The van der Waals surface area contributed by atoms with Gasteiger partial charge in [-0.25, -0.2) is 4.98 Å². The summed E-state index contributed by atoms with van der Waals surface area (Å²) in [6.45, 7) is 2.92. The molecule has 0 saturated carbocycles. The molecule has 1 unspecified atom stereocenters. The predicted octanol–water partition coefficient (Wildman–Crippen LogP) is 4.17. The van der Waals surface area contributed by atoms with Crippen molar-refractivity contribution in [1.29, 1.82) is 0 Å². The molecule has 0 radical (unpaired) electrons. The summed E-state index contributed by atoms with van der Waals surface area (Å²) in [5, 5.41) is 10.6. The normalized spacial score (nSPS) is 14.5. The summed E-state index contributed by atoms with van der Waals surface area (Å²) < 4.78 is 0. The first-order chi connectivity index (χ1) is 11.7. The predicted molar refractivity (Wildman–Crippen MR) is 96.6 cm³/mol. The number of hydrogen-bond donors (Lipinski definition) is 1. The van der Waals surface area contributed by atoms with Gasteiger partial charge in [0.1, 0.15) is 11.9 Å². The van der Waals surface area contributed by atoms with Gasteiger partial charge >= 0.3 is 0 Å². The van der Waals surface area contributed by atoms with Crippen molar-refractivity contribution >= 4 is 11.5 Å². The molecule has 3 nitrogen and oxygen atoms in total. The highest BCUT2D eigenvalue weighted by molar-refractivity contribution is 5.67. The molecule has 1 N–H and O–H groups in total. The lowest BCUT2D eigenvalue weighted by molar-refractivity contribution is 0.219. The van der Waals surface area contributed by atoms with Gasteiger partial charge in [-0.15, -0.1) is 0 Å². The fourth-order valence-electron chi connectivity index (χ4n) is 3.39. The summed E-state index contributed by atoms with van der Waals surface area (Å²) in [5.41, 5.74) is 5.22. The van der Waals surface area contributed by atoms with Gasteiger partial charge in [-0.1, -0.05) is 54.6 Å². The van der Waals surface area contributed by atoms with Crippen molar-refractivity contribution in [1.82, 2.24) is 4.98 Å². The third-order valence-corrected chi connectivity index (χ3v) is 4.69. The molecule has 1 aliphatic heterocycles. The summed E-state index contributed by atoms with van der Waals surface area (Å²) in [4.78, 5) is 7.02. The molecule has 0 aliphatic carbocycles. The number of aliphatic hydroxyl groups is 1. The SMILES string of the molecule is Cc1nc(N2CCc3ccccc32)ccc1C(O)c1ccccc1. The molecule has 2 aromatic carbocycles. The van der Waals surface area contributed by atoms with Crippen LogP contribution in [0.3, 0.4) is 0 Å². The molecule has 0 bridgehead atoms. The van der Waals surface area contributed by atoms with E-state index in [1.54, 1.807) is 0 Å². The van der Waals surface area contributed by atoms with Gasteiger partial charge in [-0.3, -0.25) is 0 Å². The van der Waals surface area contributed by atoms with Crippen LogP contribution in [-0.2, 0) is 6.42 Å². The van der Waals surface area contributed by atoms with Crippen LogP contribution in [0.15, 0.2) is 66.7 Å². The first kappa shape index (κ1) is 14.9. The second kappa shape index (κ2) is 6.10. The number of pyridine rings is 1. The first-order valence-electron chi connectivity index (χ1n) is 8.30. The van der Waals surface area contributed by atoms with Crippen molar-refractivity contribution < 1.29 is 5.11 Å². The molecule has 0 saturated heterocycles. The van der Waals surface area contributed by atoms with Crippen molar-refractivity contribution in [3.8, 4) is 0 Å². The Morgan fingerprint density at radius 3 is 2.50 bits per heavy atom. The Hall–Kier alpha value is -2.65. The highest BCUT2D eigenvalue weighted by Gasteiger charge is 2.22. The smallest absolute Gasteiger partial charge is 0.133 e. The molecule has 3 aromatic rings. The van der Waals surface area contributed by atoms with Gasteiger partial charge in [0.25, 0.3) is 0 Å². The minimum absolute atomic E-state index is 0.640. The number of aliphatic hydroxyl groups excluding tert-OH is 1. The molecular weight excluding hydrogens is 296 g/mol. The molecule has 1 aliphatic rings. The lowest BCUT2D eigenvalue weighted by Gasteiger charge is -2.21. The van der Waals surface area contributed by atoms with E-state index in [-0.39, 0.29) is 0 Å². The number of hydrogen-bond acceptors (Lipinski definition) is 3. The molecule has 2 heterocycles. The van der Waals surface area contributed by atoms with Gasteiger partial charge in [-0.05, 0) is 36.6 Å². The Morgan fingerprint density at radius 2 is 1.71 bits per heavy atom. The highest BCUT2D eigenvalue weighted by atomic mass is 16.3.